The SMILES string of the molecule is CNCCC(=O)N1CCC(C(=O)NCc2ccc(OC)cc2)CC1. The maximum atomic E-state index is 12.3. The maximum absolute atomic E-state index is 12.3. The summed E-state index contributed by atoms with van der Waals surface area (Å²) in [4.78, 5) is 26.1. The van der Waals surface area contributed by atoms with Gasteiger partial charge < -0.3 is 20.3 Å². The largest absolute Gasteiger partial charge is 0.497 e. The first-order valence-corrected chi connectivity index (χ1v) is 8.47. The minimum absolute atomic E-state index is 0.00315. The molecule has 2 N–H and O–H groups in total. The second-order valence-electron chi connectivity index (χ2n) is 6.07. The molecule has 1 aliphatic heterocycles. The zero-order valence-electron chi connectivity index (χ0n) is 14.5. The van der Waals surface area contributed by atoms with Crippen LogP contribution in [0, 0.1) is 5.92 Å². The standard InChI is InChI=1S/C18H27N3O3/c1-19-10-7-17(22)21-11-8-15(9-12-21)18(23)20-13-14-3-5-16(24-2)6-4-14/h3-6,15,19H,7-13H2,1-2H3,(H,20,23). The van der Waals surface area contributed by atoms with Crippen molar-refractivity contribution in [1.29, 1.82) is 0 Å². The highest BCUT2D eigenvalue weighted by atomic mass is 16.5. The van der Waals surface area contributed by atoms with E-state index in [1.54, 1.807) is 7.11 Å². The number of hydrogen-bond acceptors (Lipinski definition) is 4. The zero-order valence-corrected chi connectivity index (χ0v) is 14.5. The first-order valence-electron chi connectivity index (χ1n) is 8.47. The molecule has 0 saturated carbocycles. The van der Waals surface area contributed by atoms with Crippen LogP contribution in [-0.2, 0) is 16.1 Å². The van der Waals surface area contributed by atoms with Crippen molar-refractivity contribution in [2.45, 2.75) is 25.8 Å². The molecule has 1 fully saturated rings. The van der Waals surface area contributed by atoms with Gasteiger partial charge in [-0.05, 0) is 37.6 Å². The van der Waals surface area contributed by atoms with Crippen LogP contribution in [-0.4, -0.2) is 50.5 Å². The third-order valence-corrected chi connectivity index (χ3v) is 4.43. The molecular formula is C18H27N3O3. The molecule has 0 aliphatic carbocycles. The predicted octanol–water partition coefficient (Wildman–Crippen LogP) is 1.16. The zero-order chi connectivity index (χ0) is 17.4. The lowest BCUT2D eigenvalue weighted by Crippen LogP contribution is -2.43. The quantitative estimate of drug-likeness (QED) is 0.785. The fourth-order valence-corrected chi connectivity index (χ4v) is 2.86. The van der Waals surface area contributed by atoms with Gasteiger partial charge in [0.15, 0.2) is 0 Å². The molecule has 24 heavy (non-hydrogen) atoms. The minimum Gasteiger partial charge on any atom is -0.497 e. The Morgan fingerprint density at radius 3 is 2.46 bits per heavy atom. The second kappa shape index (κ2) is 9.27. The van der Waals surface area contributed by atoms with Gasteiger partial charge in [-0.15, -0.1) is 0 Å². The number of carbonyl (C=O) groups excluding carboxylic acids is 2. The number of methoxy groups -OCH3 is 1. The number of likely N-dealkylation sites (tertiary alicyclic amines) is 1. The Kier molecular flexibility index (Phi) is 7.06. The molecule has 1 aromatic carbocycles. The van der Waals surface area contributed by atoms with E-state index in [1.807, 2.05) is 36.2 Å². The highest BCUT2D eigenvalue weighted by molar-refractivity contribution is 5.80. The van der Waals surface area contributed by atoms with Gasteiger partial charge in [-0.3, -0.25) is 9.59 Å². The molecular weight excluding hydrogens is 306 g/mol. The lowest BCUT2D eigenvalue weighted by atomic mass is 9.95. The van der Waals surface area contributed by atoms with Crippen LogP contribution in [0.25, 0.3) is 0 Å². The highest BCUT2D eigenvalue weighted by Gasteiger charge is 2.26. The number of nitrogens with one attached hydrogen (secondary N) is 2. The van der Waals surface area contributed by atoms with E-state index in [9.17, 15) is 9.59 Å². The van der Waals surface area contributed by atoms with Crippen LogP contribution in [0.4, 0.5) is 0 Å². The van der Waals surface area contributed by atoms with Crippen molar-refractivity contribution in [3.63, 3.8) is 0 Å². The molecule has 132 valence electrons. The minimum atomic E-state index is -0.00315. The molecule has 0 spiro atoms. The van der Waals surface area contributed by atoms with Gasteiger partial charge in [0.2, 0.25) is 11.8 Å². The molecule has 0 aromatic heterocycles. The summed E-state index contributed by atoms with van der Waals surface area (Å²) < 4.78 is 5.12. The van der Waals surface area contributed by atoms with E-state index in [4.69, 9.17) is 4.74 Å². The first-order chi connectivity index (χ1) is 11.6. The third-order valence-electron chi connectivity index (χ3n) is 4.43. The van der Waals surface area contributed by atoms with Gasteiger partial charge in [-0.1, -0.05) is 12.1 Å². The molecule has 0 atom stereocenters. The van der Waals surface area contributed by atoms with E-state index in [2.05, 4.69) is 10.6 Å². The van der Waals surface area contributed by atoms with Gasteiger partial charge in [-0.25, -0.2) is 0 Å². The Hall–Kier alpha value is -2.08. The summed E-state index contributed by atoms with van der Waals surface area (Å²) in [6.07, 6.45) is 1.99. The van der Waals surface area contributed by atoms with Crippen LogP contribution in [0.2, 0.25) is 0 Å². The molecule has 1 saturated heterocycles. The van der Waals surface area contributed by atoms with Crippen LogP contribution < -0.4 is 15.4 Å². The molecule has 6 heteroatoms. The molecule has 1 aromatic rings. The fourth-order valence-electron chi connectivity index (χ4n) is 2.86. The molecule has 0 bridgehead atoms. The van der Waals surface area contributed by atoms with E-state index in [1.165, 1.54) is 0 Å². The highest BCUT2D eigenvalue weighted by Crippen LogP contribution is 2.18. The summed E-state index contributed by atoms with van der Waals surface area (Å²) in [5, 5.41) is 5.98. The number of hydrogen-bond donors (Lipinski definition) is 2. The van der Waals surface area contributed by atoms with Crippen molar-refractivity contribution in [1.82, 2.24) is 15.5 Å². The summed E-state index contributed by atoms with van der Waals surface area (Å²) in [5.41, 5.74) is 1.05. The first kappa shape index (κ1) is 18.3. The number of carbonyl (C=O) groups is 2. The van der Waals surface area contributed by atoms with Crippen LogP contribution in [0.15, 0.2) is 24.3 Å². The predicted molar refractivity (Wildman–Crippen MR) is 92.7 cm³/mol. The summed E-state index contributed by atoms with van der Waals surface area (Å²) in [5.74, 6) is 1.05. The van der Waals surface area contributed by atoms with Crippen LogP contribution >= 0.6 is 0 Å². The second-order valence-corrected chi connectivity index (χ2v) is 6.07. The van der Waals surface area contributed by atoms with E-state index >= 15 is 0 Å². The summed E-state index contributed by atoms with van der Waals surface area (Å²) in [6.45, 7) is 2.55. The lowest BCUT2D eigenvalue weighted by Gasteiger charge is -2.31. The van der Waals surface area contributed by atoms with E-state index in [0.29, 0.717) is 32.6 Å². The number of rotatable bonds is 7. The molecule has 1 heterocycles. The number of ether oxygens (including phenoxy) is 1. The van der Waals surface area contributed by atoms with Crippen molar-refractivity contribution in [3.8, 4) is 5.75 Å². The van der Waals surface area contributed by atoms with Crippen molar-refractivity contribution in [2.75, 3.05) is 33.8 Å². The van der Waals surface area contributed by atoms with E-state index in [0.717, 1.165) is 24.2 Å². The van der Waals surface area contributed by atoms with Crippen molar-refractivity contribution in [3.05, 3.63) is 29.8 Å². The van der Waals surface area contributed by atoms with Crippen molar-refractivity contribution >= 4 is 11.8 Å². The number of piperidine rings is 1. The van der Waals surface area contributed by atoms with Crippen LogP contribution in [0.5, 0.6) is 5.75 Å². The van der Waals surface area contributed by atoms with Crippen LogP contribution in [0.1, 0.15) is 24.8 Å². The van der Waals surface area contributed by atoms with Gasteiger partial charge in [0, 0.05) is 38.5 Å². The summed E-state index contributed by atoms with van der Waals surface area (Å²) >= 11 is 0. The van der Waals surface area contributed by atoms with E-state index in [-0.39, 0.29) is 17.7 Å². The average molecular weight is 333 g/mol. The lowest BCUT2D eigenvalue weighted by molar-refractivity contribution is -0.135. The number of amides is 2. The Morgan fingerprint density at radius 1 is 1.21 bits per heavy atom. The van der Waals surface area contributed by atoms with Gasteiger partial charge >= 0.3 is 0 Å². The molecule has 0 unspecified atom stereocenters. The Morgan fingerprint density at radius 2 is 1.88 bits per heavy atom. The maximum Gasteiger partial charge on any atom is 0.223 e. The normalized spacial score (nSPS) is 15.2. The molecule has 1 aliphatic rings. The third kappa shape index (κ3) is 5.23. The monoisotopic (exact) mass is 333 g/mol. The molecule has 6 nitrogen and oxygen atoms in total. The average Bonchev–Trinajstić information content (AvgIpc) is 2.64. The van der Waals surface area contributed by atoms with Crippen LogP contribution in [0.3, 0.4) is 0 Å². The Bertz CT molecular complexity index is 537. The molecule has 2 rings (SSSR count). The van der Waals surface area contributed by atoms with E-state index < -0.39 is 0 Å². The Balaban J connectivity index is 1.73. The van der Waals surface area contributed by atoms with Gasteiger partial charge in [-0.2, -0.15) is 0 Å². The smallest absolute Gasteiger partial charge is 0.223 e. The van der Waals surface area contributed by atoms with Gasteiger partial charge in [0.25, 0.3) is 0 Å². The Labute approximate surface area is 143 Å². The summed E-state index contributed by atoms with van der Waals surface area (Å²) in [7, 11) is 3.47. The van der Waals surface area contributed by atoms with Crippen molar-refractivity contribution < 1.29 is 14.3 Å². The number of benzene rings is 1. The van der Waals surface area contributed by atoms with Crippen molar-refractivity contribution in [2.24, 2.45) is 5.92 Å². The molecule has 0 radical (unpaired) electrons. The fraction of sp³-hybridized carbons (Fsp3) is 0.556. The summed E-state index contributed by atoms with van der Waals surface area (Å²) in [6, 6.07) is 7.66. The van der Waals surface area contributed by atoms with Gasteiger partial charge in [0.1, 0.15) is 5.75 Å². The van der Waals surface area contributed by atoms with Gasteiger partial charge in [0.05, 0.1) is 7.11 Å². The molecule has 2 amide bonds. The topological polar surface area (TPSA) is 70.7 Å². The number of nitrogens with zero attached hydrogens (tertiary/aromatic N) is 1.